The van der Waals surface area contributed by atoms with E-state index in [4.69, 9.17) is 0 Å². The van der Waals surface area contributed by atoms with Crippen molar-refractivity contribution in [3.63, 3.8) is 0 Å². The largest absolute Gasteiger partial charge is 0.333 e. The minimum Gasteiger partial charge on any atom is -0.278 e. The van der Waals surface area contributed by atoms with Gasteiger partial charge in [-0.25, -0.2) is 4.79 Å². The van der Waals surface area contributed by atoms with Crippen LogP contribution in [0.3, 0.4) is 0 Å². The number of rotatable bonds is 6. The summed E-state index contributed by atoms with van der Waals surface area (Å²) in [7, 11) is 0. The van der Waals surface area contributed by atoms with E-state index in [2.05, 4.69) is 6.92 Å². The molecule has 5 nitrogen and oxygen atoms in total. The van der Waals surface area contributed by atoms with Crippen molar-refractivity contribution in [2.75, 3.05) is 13.1 Å². The summed E-state index contributed by atoms with van der Waals surface area (Å²) in [5.41, 5.74) is 0. The van der Waals surface area contributed by atoms with Crippen LogP contribution in [-0.4, -0.2) is 41.2 Å². The summed E-state index contributed by atoms with van der Waals surface area (Å²) in [5.74, 6) is -0.150. The molecular weight excluding hydrogens is 244 g/mol. The molecule has 0 bridgehead atoms. The van der Waals surface area contributed by atoms with Crippen LogP contribution in [0.15, 0.2) is 0 Å². The van der Waals surface area contributed by atoms with Crippen LogP contribution in [-0.2, 0) is 9.59 Å². The molecular formula is C14H24N2O3. The lowest BCUT2D eigenvalue weighted by molar-refractivity contribution is -0.128. The molecule has 0 N–H and O–H groups in total. The Labute approximate surface area is 114 Å². The van der Waals surface area contributed by atoms with Crippen LogP contribution < -0.4 is 0 Å². The second kappa shape index (κ2) is 8.67. The number of likely N-dealkylation sites (tertiary alicyclic amines) is 1. The highest BCUT2D eigenvalue weighted by Gasteiger charge is 2.26. The Hall–Kier alpha value is -1.39. The zero-order valence-corrected chi connectivity index (χ0v) is 11.8. The molecule has 1 aliphatic rings. The number of hydrogen-bond acceptors (Lipinski definition) is 3. The highest BCUT2D eigenvalue weighted by molar-refractivity contribution is 5.98. The Morgan fingerprint density at radius 3 is 2.74 bits per heavy atom. The Morgan fingerprint density at radius 1 is 1.26 bits per heavy atom. The summed E-state index contributed by atoms with van der Waals surface area (Å²) >= 11 is 0. The molecule has 0 aromatic heterocycles. The smallest absolute Gasteiger partial charge is 0.278 e. The number of carbonyl (C=O) groups excluding carboxylic acids is 3. The minimum atomic E-state index is -0.446. The SMILES string of the molecule is CCCCCCN(C=O)C(=O)N1CCCCCC1=O. The van der Waals surface area contributed by atoms with Gasteiger partial charge in [-0.1, -0.05) is 32.6 Å². The topological polar surface area (TPSA) is 57.7 Å². The van der Waals surface area contributed by atoms with Crippen molar-refractivity contribution >= 4 is 18.3 Å². The first-order valence-corrected chi connectivity index (χ1v) is 7.27. The first kappa shape index (κ1) is 15.7. The third-order valence-electron chi connectivity index (χ3n) is 3.43. The van der Waals surface area contributed by atoms with Gasteiger partial charge in [-0.05, 0) is 19.3 Å². The molecule has 0 unspecified atom stereocenters. The molecule has 108 valence electrons. The normalized spacial score (nSPS) is 16.1. The molecule has 0 spiro atoms. The standard InChI is InChI=1S/C14H24N2O3/c1-2-3-4-7-10-15(12-17)14(19)16-11-8-5-6-9-13(16)18/h12H,2-11H2,1H3. The van der Waals surface area contributed by atoms with E-state index in [0.717, 1.165) is 49.8 Å². The molecule has 0 aromatic rings. The van der Waals surface area contributed by atoms with E-state index in [1.54, 1.807) is 0 Å². The molecule has 1 heterocycles. The fourth-order valence-electron chi connectivity index (χ4n) is 2.24. The molecule has 1 rings (SSSR count). The quantitative estimate of drug-likeness (QED) is 0.549. The van der Waals surface area contributed by atoms with Crippen LogP contribution in [0.5, 0.6) is 0 Å². The zero-order valence-electron chi connectivity index (χ0n) is 11.8. The van der Waals surface area contributed by atoms with Gasteiger partial charge < -0.3 is 0 Å². The molecule has 0 aromatic carbocycles. The van der Waals surface area contributed by atoms with Crippen LogP contribution in [0.4, 0.5) is 4.79 Å². The van der Waals surface area contributed by atoms with Crippen LogP contribution in [0.2, 0.25) is 0 Å². The van der Waals surface area contributed by atoms with Gasteiger partial charge in [-0.3, -0.25) is 19.4 Å². The van der Waals surface area contributed by atoms with E-state index < -0.39 is 6.03 Å². The van der Waals surface area contributed by atoms with Gasteiger partial charge in [0.15, 0.2) is 0 Å². The van der Waals surface area contributed by atoms with E-state index in [1.165, 1.54) is 4.90 Å². The molecule has 4 amide bonds. The average Bonchev–Trinajstić information content (AvgIpc) is 2.63. The number of urea groups is 1. The lowest BCUT2D eigenvalue weighted by Crippen LogP contribution is -2.45. The molecule has 0 aliphatic carbocycles. The monoisotopic (exact) mass is 268 g/mol. The Bertz CT molecular complexity index is 318. The molecule has 1 fully saturated rings. The van der Waals surface area contributed by atoms with Gasteiger partial charge in [0, 0.05) is 19.5 Å². The second-order valence-corrected chi connectivity index (χ2v) is 5.00. The maximum atomic E-state index is 12.2. The third-order valence-corrected chi connectivity index (χ3v) is 3.43. The fraction of sp³-hybridized carbons (Fsp3) is 0.786. The summed E-state index contributed by atoms with van der Waals surface area (Å²) in [4.78, 5) is 37.4. The molecule has 0 atom stereocenters. The van der Waals surface area contributed by atoms with Gasteiger partial charge in [0.25, 0.3) is 0 Å². The van der Waals surface area contributed by atoms with Crippen molar-refractivity contribution in [1.82, 2.24) is 9.80 Å². The third kappa shape index (κ3) is 5.01. The van der Waals surface area contributed by atoms with Crippen LogP contribution in [0, 0.1) is 0 Å². The predicted molar refractivity (Wildman–Crippen MR) is 72.5 cm³/mol. The average molecular weight is 268 g/mol. The second-order valence-electron chi connectivity index (χ2n) is 5.00. The molecule has 0 saturated carbocycles. The highest BCUT2D eigenvalue weighted by atomic mass is 16.2. The lowest BCUT2D eigenvalue weighted by atomic mass is 10.2. The van der Waals surface area contributed by atoms with Crippen molar-refractivity contribution in [3.05, 3.63) is 0 Å². The van der Waals surface area contributed by atoms with Crippen molar-refractivity contribution < 1.29 is 14.4 Å². The molecule has 1 saturated heterocycles. The van der Waals surface area contributed by atoms with Gasteiger partial charge in [-0.2, -0.15) is 0 Å². The number of unbranched alkanes of at least 4 members (excludes halogenated alkanes) is 3. The van der Waals surface area contributed by atoms with Crippen molar-refractivity contribution in [3.8, 4) is 0 Å². The van der Waals surface area contributed by atoms with E-state index in [9.17, 15) is 14.4 Å². The van der Waals surface area contributed by atoms with E-state index in [1.807, 2.05) is 0 Å². The maximum absolute atomic E-state index is 12.2. The zero-order chi connectivity index (χ0) is 14.1. The number of nitrogens with zero attached hydrogens (tertiary/aromatic N) is 2. The Balaban J connectivity index is 2.51. The lowest BCUT2D eigenvalue weighted by Gasteiger charge is -2.24. The number of imide groups is 2. The van der Waals surface area contributed by atoms with Crippen molar-refractivity contribution in [2.24, 2.45) is 0 Å². The first-order valence-electron chi connectivity index (χ1n) is 7.27. The maximum Gasteiger partial charge on any atom is 0.333 e. The van der Waals surface area contributed by atoms with E-state index in [-0.39, 0.29) is 5.91 Å². The number of carbonyl (C=O) groups is 3. The van der Waals surface area contributed by atoms with Gasteiger partial charge in [0.1, 0.15) is 0 Å². The van der Waals surface area contributed by atoms with Gasteiger partial charge in [0.05, 0.1) is 0 Å². The predicted octanol–water partition coefficient (Wildman–Crippen LogP) is 2.55. The minimum absolute atomic E-state index is 0.150. The van der Waals surface area contributed by atoms with Crippen LogP contribution in [0.1, 0.15) is 58.3 Å². The van der Waals surface area contributed by atoms with Crippen molar-refractivity contribution in [2.45, 2.75) is 58.3 Å². The Morgan fingerprint density at radius 2 is 2.05 bits per heavy atom. The van der Waals surface area contributed by atoms with E-state index >= 15 is 0 Å². The van der Waals surface area contributed by atoms with Gasteiger partial charge >= 0.3 is 6.03 Å². The Kier molecular flexibility index (Phi) is 7.15. The molecule has 5 heteroatoms. The first-order chi connectivity index (χ1) is 9.20. The molecule has 1 aliphatic heterocycles. The van der Waals surface area contributed by atoms with Crippen LogP contribution >= 0.6 is 0 Å². The summed E-state index contributed by atoms with van der Waals surface area (Å²) in [6, 6.07) is -0.446. The summed E-state index contributed by atoms with van der Waals surface area (Å²) in [6.45, 7) is 2.96. The molecule has 0 radical (unpaired) electrons. The summed E-state index contributed by atoms with van der Waals surface area (Å²) < 4.78 is 0. The highest BCUT2D eigenvalue weighted by Crippen LogP contribution is 2.13. The summed E-state index contributed by atoms with van der Waals surface area (Å²) in [5, 5.41) is 0. The van der Waals surface area contributed by atoms with Gasteiger partial charge in [0.2, 0.25) is 12.3 Å². The van der Waals surface area contributed by atoms with E-state index in [0.29, 0.717) is 25.9 Å². The van der Waals surface area contributed by atoms with Gasteiger partial charge in [-0.15, -0.1) is 0 Å². The molecule has 19 heavy (non-hydrogen) atoms. The number of amides is 4. The van der Waals surface area contributed by atoms with Crippen LogP contribution in [0.25, 0.3) is 0 Å². The summed E-state index contributed by atoms with van der Waals surface area (Å²) in [6.07, 6.45) is 7.61. The number of hydrogen-bond donors (Lipinski definition) is 0. The van der Waals surface area contributed by atoms with Crippen molar-refractivity contribution in [1.29, 1.82) is 0 Å². The fourth-order valence-corrected chi connectivity index (χ4v) is 2.24.